The lowest BCUT2D eigenvalue weighted by Crippen LogP contribution is -2.25. The van der Waals surface area contributed by atoms with E-state index in [1.807, 2.05) is 6.92 Å². The highest BCUT2D eigenvalue weighted by Crippen LogP contribution is 2.16. The van der Waals surface area contributed by atoms with Crippen LogP contribution in [0.5, 0.6) is 5.75 Å². The van der Waals surface area contributed by atoms with Gasteiger partial charge in [0.2, 0.25) is 0 Å². The molecule has 0 aromatic heterocycles. The molecule has 0 aliphatic carbocycles. The van der Waals surface area contributed by atoms with Crippen LogP contribution in [0.4, 0.5) is 5.69 Å². The summed E-state index contributed by atoms with van der Waals surface area (Å²) in [6, 6.07) is 6.61. The number of carbonyl (C=O) groups is 1. The summed E-state index contributed by atoms with van der Waals surface area (Å²) >= 11 is 0. The molecule has 15 heavy (non-hydrogen) atoms. The summed E-state index contributed by atoms with van der Waals surface area (Å²) in [6.45, 7) is 4.13. The van der Waals surface area contributed by atoms with Crippen LogP contribution in [-0.2, 0) is 4.79 Å². The van der Waals surface area contributed by atoms with Gasteiger partial charge in [0.1, 0.15) is 11.8 Å². The van der Waals surface area contributed by atoms with Crippen molar-refractivity contribution in [1.29, 1.82) is 0 Å². The second-order valence-electron chi connectivity index (χ2n) is 3.16. The molecule has 0 bridgehead atoms. The highest BCUT2D eigenvalue weighted by Gasteiger charge is 2.09. The summed E-state index contributed by atoms with van der Waals surface area (Å²) in [6.07, 6.45) is 0. The van der Waals surface area contributed by atoms with Gasteiger partial charge in [-0.25, -0.2) is 0 Å². The lowest BCUT2D eigenvalue weighted by molar-refractivity contribution is -0.137. The summed E-state index contributed by atoms with van der Waals surface area (Å²) in [5, 5.41) is 11.6. The Hall–Kier alpha value is -1.71. The van der Waals surface area contributed by atoms with Gasteiger partial charge in [-0.05, 0) is 38.1 Å². The smallest absolute Gasteiger partial charge is 0.325 e. The van der Waals surface area contributed by atoms with Gasteiger partial charge in [-0.15, -0.1) is 0 Å². The van der Waals surface area contributed by atoms with E-state index < -0.39 is 12.0 Å². The van der Waals surface area contributed by atoms with Gasteiger partial charge in [0.25, 0.3) is 0 Å². The van der Waals surface area contributed by atoms with Gasteiger partial charge in [-0.1, -0.05) is 0 Å². The first kappa shape index (κ1) is 11.4. The SMILES string of the molecule is CCOc1ccc(N[C@H](C)C(=O)O)cc1. The maximum absolute atomic E-state index is 10.6. The van der Waals surface area contributed by atoms with Crippen molar-refractivity contribution in [3.8, 4) is 5.75 Å². The minimum absolute atomic E-state index is 0.594. The molecule has 1 rings (SSSR count). The quantitative estimate of drug-likeness (QED) is 0.778. The highest BCUT2D eigenvalue weighted by molar-refractivity contribution is 5.76. The number of benzene rings is 1. The fourth-order valence-corrected chi connectivity index (χ4v) is 1.13. The first-order chi connectivity index (χ1) is 7.13. The topological polar surface area (TPSA) is 58.6 Å². The molecule has 0 saturated carbocycles. The molecule has 0 aliphatic rings. The monoisotopic (exact) mass is 209 g/mol. The molecule has 82 valence electrons. The van der Waals surface area contributed by atoms with Crippen LogP contribution in [0.3, 0.4) is 0 Å². The van der Waals surface area contributed by atoms with Crippen LogP contribution in [0.25, 0.3) is 0 Å². The van der Waals surface area contributed by atoms with E-state index in [4.69, 9.17) is 9.84 Å². The minimum atomic E-state index is -0.871. The Bertz CT molecular complexity index is 321. The molecule has 2 N–H and O–H groups in total. The van der Waals surface area contributed by atoms with Crippen molar-refractivity contribution in [2.24, 2.45) is 0 Å². The summed E-state index contributed by atoms with van der Waals surface area (Å²) < 4.78 is 5.27. The van der Waals surface area contributed by atoms with Crippen LogP contribution in [0.1, 0.15) is 13.8 Å². The first-order valence-corrected chi connectivity index (χ1v) is 4.85. The fraction of sp³-hybridized carbons (Fsp3) is 0.364. The predicted octanol–water partition coefficient (Wildman–Crippen LogP) is 1.97. The summed E-state index contributed by atoms with van der Waals surface area (Å²) in [5.74, 6) is -0.0880. The van der Waals surface area contributed by atoms with Gasteiger partial charge in [0, 0.05) is 5.69 Å². The van der Waals surface area contributed by atoms with Crippen molar-refractivity contribution >= 4 is 11.7 Å². The van der Waals surface area contributed by atoms with E-state index in [-0.39, 0.29) is 0 Å². The lowest BCUT2D eigenvalue weighted by atomic mass is 10.2. The second kappa shape index (κ2) is 5.24. The number of hydrogen-bond donors (Lipinski definition) is 2. The van der Waals surface area contributed by atoms with Crippen molar-refractivity contribution in [2.75, 3.05) is 11.9 Å². The first-order valence-electron chi connectivity index (χ1n) is 4.85. The van der Waals surface area contributed by atoms with Gasteiger partial charge in [-0.2, -0.15) is 0 Å². The van der Waals surface area contributed by atoms with E-state index in [0.717, 1.165) is 11.4 Å². The zero-order valence-corrected chi connectivity index (χ0v) is 8.86. The van der Waals surface area contributed by atoms with Crippen LogP contribution in [-0.4, -0.2) is 23.7 Å². The summed E-state index contributed by atoms with van der Waals surface area (Å²) in [5.41, 5.74) is 0.772. The van der Waals surface area contributed by atoms with E-state index in [1.165, 1.54) is 0 Å². The summed E-state index contributed by atoms with van der Waals surface area (Å²) in [4.78, 5) is 10.6. The highest BCUT2D eigenvalue weighted by atomic mass is 16.5. The Labute approximate surface area is 88.9 Å². The number of carboxylic acid groups (broad SMARTS) is 1. The van der Waals surface area contributed by atoms with E-state index in [1.54, 1.807) is 31.2 Å². The lowest BCUT2D eigenvalue weighted by Gasteiger charge is -2.11. The van der Waals surface area contributed by atoms with Gasteiger partial charge in [0.15, 0.2) is 0 Å². The molecular weight excluding hydrogens is 194 g/mol. The number of rotatable bonds is 5. The van der Waals surface area contributed by atoms with Gasteiger partial charge >= 0.3 is 5.97 Å². The van der Waals surface area contributed by atoms with Crippen molar-refractivity contribution in [1.82, 2.24) is 0 Å². The van der Waals surface area contributed by atoms with Crippen LogP contribution in [0, 0.1) is 0 Å². The van der Waals surface area contributed by atoms with E-state index in [2.05, 4.69) is 5.32 Å². The third-order valence-electron chi connectivity index (χ3n) is 1.92. The maximum atomic E-state index is 10.6. The number of hydrogen-bond acceptors (Lipinski definition) is 3. The Morgan fingerprint density at radius 2 is 2.07 bits per heavy atom. The molecule has 0 fully saturated rings. The zero-order chi connectivity index (χ0) is 11.3. The third kappa shape index (κ3) is 3.50. The molecule has 1 atom stereocenters. The van der Waals surface area contributed by atoms with Gasteiger partial charge in [0.05, 0.1) is 6.61 Å². The number of aliphatic carboxylic acids is 1. The van der Waals surface area contributed by atoms with Crippen LogP contribution < -0.4 is 10.1 Å². The van der Waals surface area contributed by atoms with E-state index in [9.17, 15) is 4.79 Å². The van der Waals surface area contributed by atoms with Gasteiger partial charge in [-0.3, -0.25) is 4.79 Å². The van der Waals surface area contributed by atoms with Crippen molar-refractivity contribution in [3.05, 3.63) is 24.3 Å². The molecule has 4 heteroatoms. The number of anilines is 1. The molecule has 0 unspecified atom stereocenters. The Balaban J connectivity index is 2.60. The second-order valence-corrected chi connectivity index (χ2v) is 3.16. The van der Waals surface area contributed by atoms with Crippen molar-refractivity contribution < 1.29 is 14.6 Å². The largest absolute Gasteiger partial charge is 0.494 e. The molecule has 0 spiro atoms. The molecular formula is C11H15NO3. The van der Waals surface area contributed by atoms with Crippen LogP contribution in [0.2, 0.25) is 0 Å². The van der Waals surface area contributed by atoms with Crippen LogP contribution in [0.15, 0.2) is 24.3 Å². The summed E-state index contributed by atoms with van der Waals surface area (Å²) in [7, 11) is 0. The number of ether oxygens (including phenoxy) is 1. The molecule has 1 aromatic rings. The molecule has 4 nitrogen and oxygen atoms in total. The Morgan fingerprint density at radius 3 is 2.53 bits per heavy atom. The van der Waals surface area contributed by atoms with E-state index in [0.29, 0.717) is 6.61 Å². The number of carboxylic acids is 1. The maximum Gasteiger partial charge on any atom is 0.325 e. The third-order valence-corrected chi connectivity index (χ3v) is 1.92. The number of nitrogens with one attached hydrogen (secondary N) is 1. The van der Waals surface area contributed by atoms with Gasteiger partial charge < -0.3 is 15.2 Å². The molecule has 1 aromatic carbocycles. The standard InChI is InChI=1S/C11H15NO3/c1-3-15-10-6-4-9(5-7-10)12-8(2)11(13)14/h4-8,12H,3H2,1-2H3,(H,13,14)/t8-/m1/s1. The average Bonchev–Trinajstić information content (AvgIpc) is 2.21. The molecule has 0 heterocycles. The van der Waals surface area contributed by atoms with E-state index >= 15 is 0 Å². The minimum Gasteiger partial charge on any atom is -0.494 e. The molecule has 0 aliphatic heterocycles. The molecule has 0 amide bonds. The normalized spacial score (nSPS) is 11.9. The molecule has 0 saturated heterocycles. The zero-order valence-electron chi connectivity index (χ0n) is 8.86. The van der Waals surface area contributed by atoms with Crippen molar-refractivity contribution in [2.45, 2.75) is 19.9 Å². The van der Waals surface area contributed by atoms with Crippen LogP contribution >= 0.6 is 0 Å². The Kier molecular flexibility index (Phi) is 3.97. The molecule has 0 radical (unpaired) electrons. The Morgan fingerprint density at radius 1 is 1.47 bits per heavy atom. The predicted molar refractivity (Wildman–Crippen MR) is 58.3 cm³/mol. The van der Waals surface area contributed by atoms with Crippen molar-refractivity contribution in [3.63, 3.8) is 0 Å². The fourth-order valence-electron chi connectivity index (χ4n) is 1.13. The average molecular weight is 209 g/mol.